The Morgan fingerprint density at radius 1 is 0.475 bits per heavy atom. The molecule has 0 aromatic heterocycles. The van der Waals surface area contributed by atoms with Gasteiger partial charge in [-0.25, -0.2) is 8.78 Å². The van der Waals surface area contributed by atoms with Crippen LogP contribution in [0, 0.1) is 58.8 Å². The van der Waals surface area contributed by atoms with Gasteiger partial charge < -0.3 is 9.47 Å². The second-order valence-corrected chi connectivity index (χ2v) is 16.1. The van der Waals surface area contributed by atoms with Gasteiger partial charge in [0.2, 0.25) is 11.6 Å². The van der Waals surface area contributed by atoms with Gasteiger partial charge >= 0.3 is 0 Å². The molecule has 2 aliphatic rings. The van der Waals surface area contributed by atoms with Crippen LogP contribution in [0.2, 0.25) is 0 Å². The van der Waals surface area contributed by atoms with Crippen molar-refractivity contribution in [3.63, 3.8) is 0 Å². The lowest BCUT2D eigenvalue weighted by molar-refractivity contribution is 0.288. The zero-order valence-corrected chi connectivity index (χ0v) is 35.6. The molecule has 0 bridgehead atoms. The Bertz CT molecular complexity index is 2020. The first-order chi connectivity index (χ1) is 28.7. The summed E-state index contributed by atoms with van der Waals surface area (Å²) in [5, 5.41) is 0. The van der Waals surface area contributed by atoms with Crippen LogP contribution < -0.4 is 9.47 Å². The molecule has 2 aliphatic carbocycles. The number of halogens is 4. The molecule has 0 amide bonds. The Hall–Kier alpha value is -4.68. The molecule has 0 spiro atoms. The predicted molar refractivity (Wildman–Crippen MR) is 233 cm³/mol. The molecule has 0 unspecified atom stereocenters. The Balaban J connectivity index is 0.000000224. The molecule has 0 N–H and O–H groups in total. The summed E-state index contributed by atoms with van der Waals surface area (Å²) in [5.74, 6) is 9.97. The molecule has 2 nitrogen and oxygen atoms in total. The minimum atomic E-state index is -0.938. The van der Waals surface area contributed by atoms with E-state index in [1.807, 2.05) is 13.8 Å². The second-order valence-electron chi connectivity index (χ2n) is 16.1. The summed E-state index contributed by atoms with van der Waals surface area (Å²) in [5.41, 5.74) is 5.81. The number of benzene rings is 4. The van der Waals surface area contributed by atoms with Crippen molar-refractivity contribution < 1.29 is 27.0 Å². The van der Waals surface area contributed by atoms with Crippen LogP contribution in [-0.4, -0.2) is 13.2 Å². The van der Waals surface area contributed by atoms with Crippen LogP contribution in [-0.2, 0) is 12.8 Å². The minimum Gasteiger partial charge on any atom is -0.490 e. The lowest BCUT2D eigenvalue weighted by Crippen LogP contribution is -2.12. The summed E-state index contributed by atoms with van der Waals surface area (Å²) in [7, 11) is 0. The van der Waals surface area contributed by atoms with Crippen LogP contribution in [0.25, 0.3) is 0 Å². The fraction of sp³-hybridized carbons (Fsp3) is 0.472. The third-order valence-electron chi connectivity index (χ3n) is 11.7. The van der Waals surface area contributed by atoms with Crippen LogP contribution in [0.1, 0.15) is 156 Å². The molecule has 0 radical (unpaired) electrons. The number of unbranched alkanes of at least 4 members (excludes halogenated alkanes) is 2. The largest absolute Gasteiger partial charge is 0.490 e. The molecule has 0 atom stereocenters. The summed E-state index contributed by atoms with van der Waals surface area (Å²) in [6.07, 6.45) is 15.2. The monoisotopic (exact) mass is 806 g/mol. The maximum absolute atomic E-state index is 14.3. The van der Waals surface area contributed by atoms with Gasteiger partial charge in [-0.05, 0) is 135 Å². The van der Waals surface area contributed by atoms with Gasteiger partial charge in [0.15, 0.2) is 23.1 Å². The van der Waals surface area contributed by atoms with Crippen molar-refractivity contribution in [3.8, 4) is 35.2 Å². The van der Waals surface area contributed by atoms with Gasteiger partial charge in [0, 0.05) is 11.8 Å². The average Bonchev–Trinajstić information content (AvgIpc) is 3.27. The van der Waals surface area contributed by atoms with E-state index < -0.39 is 23.3 Å². The van der Waals surface area contributed by atoms with E-state index in [9.17, 15) is 17.6 Å². The molecular weight excluding hydrogens is 745 g/mol. The van der Waals surface area contributed by atoms with Crippen molar-refractivity contribution >= 4 is 0 Å². The normalized spacial score (nSPS) is 18.6. The molecule has 6 heteroatoms. The highest BCUT2D eigenvalue weighted by molar-refractivity contribution is 5.42. The topological polar surface area (TPSA) is 18.5 Å². The average molecular weight is 807 g/mol. The van der Waals surface area contributed by atoms with E-state index in [2.05, 4.69) is 86.1 Å². The van der Waals surface area contributed by atoms with E-state index in [-0.39, 0.29) is 34.5 Å². The third kappa shape index (κ3) is 13.4. The van der Waals surface area contributed by atoms with Crippen molar-refractivity contribution in [1.82, 2.24) is 0 Å². The van der Waals surface area contributed by atoms with Gasteiger partial charge in [0.1, 0.15) is 0 Å². The zero-order valence-electron chi connectivity index (χ0n) is 35.6. The molecule has 2 saturated carbocycles. The maximum atomic E-state index is 14.3. The van der Waals surface area contributed by atoms with E-state index in [0.717, 1.165) is 89.9 Å². The molecule has 0 aliphatic heterocycles. The van der Waals surface area contributed by atoms with Crippen LogP contribution in [0.3, 0.4) is 0 Å². The first-order valence-corrected chi connectivity index (χ1v) is 22.2. The van der Waals surface area contributed by atoms with Gasteiger partial charge in [0.25, 0.3) is 0 Å². The van der Waals surface area contributed by atoms with Crippen LogP contribution in [0.4, 0.5) is 17.6 Å². The number of ether oxygens (including phenoxy) is 2. The smallest absolute Gasteiger partial charge is 0.201 e. The minimum absolute atomic E-state index is 0.0306. The SMILES string of the molecule is CCCCOc1ccc(C#CC2CCC(c3ccc(CC)cc3)CC2)c(F)c1F.CCCCOc1ccc(C#CC2CCC(c3ccc(CCC)cc3)CC2)c(F)c1F. The van der Waals surface area contributed by atoms with E-state index in [1.165, 1.54) is 52.9 Å². The summed E-state index contributed by atoms with van der Waals surface area (Å²) >= 11 is 0. The van der Waals surface area contributed by atoms with Crippen LogP contribution in [0.5, 0.6) is 11.5 Å². The Morgan fingerprint density at radius 3 is 1.25 bits per heavy atom. The number of rotatable bonds is 13. The summed E-state index contributed by atoms with van der Waals surface area (Å²) in [6, 6.07) is 24.0. The first kappa shape index (κ1) is 45.4. The number of hydrogen-bond donors (Lipinski definition) is 0. The van der Waals surface area contributed by atoms with Gasteiger partial charge in [0.05, 0.1) is 24.3 Å². The molecule has 2 fully saturated rings. The summed E-state index contributed by atoms with van der Waals surface area (Å²) in [6.45, 7) is 9.20. The van der Waals surface area contributed by atoms with Gasteiger partial charge in [-0.3, -0.25) is 0 Å². The molecule has 6 rings (SSSR count). The molecule has 314 valence electrons. The highest BCUT2D eigenvalue weighted by Crippen LogP contribution is 2.37. The van der Waals surface area contributed by atoms with Gasteiger partial charge in [-0.1, -0.05) is 119 Å². The van der Waals surface area contributed by atoms with E-state index in [1.54, 1.807) is 0 Å². The van der Waals surface area contributed by atoms with Crippen LogP contribution in [0.15, 0.2) is 72.8 Å². The zero-order chi connectivity index (χ0) is 42.0. The fourth-order valence-corrected chi connectivity index (χ4v) is 7.90. The molecule has 4 aromatic carbocycles. The van der Waals surface area contributed by atoms with Crippen molar-refractivity contribution in [2.75, 3.05) is 13.2 Å². The van der Waals surface area contributed by atoms with Crippen molar-refractivity contribution in [2.45, 2.75) is 136 Å². The van der Waals surface area contributed by atoms with E-state index in [4.69, 9.17) is 9.47 Å². The van der Waals surface area contributed by atoms with Crippen molar-refractivity contribution in [1.29, 1.82) is 0 Å². The van der Waals surface area contributed by atoms with E-state index in [0.29, 0.717) is 25.0 Å². The van der Waals surface area contributed by atoms with Gasteiger partial charge in [-0.2, -0.15) is 8.78 Å². The quantitative estimate of drug-likeness (QED) is 0.0761. The molecule has 0 heterocycles. The molecular formula is C53H62F4O2. The maximum Gasteiger partial charge on any atom is 0.201 e. The molecule has 0 saturated heterocycles. The number of aryl methyl sites for hydroxylation is 2. The Morgan fingerprint density at radius 2 is 0.881 bits per heavy atom. The predicted octanol–water partition coefficient (Wildman–Crippen LogP) is 14.5. The first-order valence-electron chi connectivity index (χ1n) is 22.2. The lowest BCUT2D eigenvalue weighted by atomic mass is 9.78. The standard InChI is InChI=1S/C27H32F2O.C26H30F2O/c1-3-5-19-30-25-18-17-24(26(28)27(25)29)16-11-21-9-14-23(15-10-21)22-12-7-20(6-4-2)8-13-22;1-3-5-18-29-24-17-16-23(25(27)26(24)28)15-10-20-8-13-22(14-9-20)21-11-6-19(4-2)7-12-21/h7-8,12-13,17-18,21,23H,3-6,9-10,14-15,19H2,1-2H3;6-7,11-12,16-17,20,22H,3-5,8-9,13-14,18H2,1-2H3. The lowest BCUT2D eigenvalue weighted by Gasteiger charge is -2.26. The molecule has 59 heavy (non-hydrogen) atoms. The van der Waals surface area contributed by atoms with Gasteiger partial charge in [-0.15, -0.1) is 0 Å². The second kappa shape index (κ2) is 23.8. The highest BCUT2D eigenvalue weighted by atomic mass is 19.2. The van der Waals surface area contributed by atoms with E-state index >= 15 is 0 Å². The number of hydrogen-bond acceptors (Lipinski definition) is 2. The van der Waals surface area contributed by atoms with Crippen molar-refractivity contribution in [3.05, 3.63) is 129 Å². The Kier molecular flexibility index (Phi) is 18.3. The fourth-order valence-electron chi connectivity index (χ4n) is 7.90. The van der Waals surface area contributed by atoms with Crippen LogP contribution >= 0.6 is 0 Å². The summed E-state index contributed by atoms with van der Waals surface area (Å²) < 4.78 is 67.7. The summed E-state index contributed by atoms with van der Waals surface area (Å²) in [4.78, 5) is 0. The third-order valence-corrected chi connectivity index (χ3v) is 11.7. The highest BCUT2D eigenvalue weighted by Gasteiger charge is 2.23. The molecule has 4 aromatic rings. The van der Waals surface area contributed by atoms with Crippen molar-refractivity contribution in [2.24, 2.45) is 11.8 Å². The Labute approximate surface area is 351 Å².